The van der Waals surface area contributed by atoms with Crippen molar-refractivity contribution in [3.05, 3.63) is 0 Å². The topological polar surface area (TPSA) is 184 Å². The van der Waals surface area contributed by atoms with Gasteiger partial charge >= 0.3 is 5.97 Å². The lowest BCUT2D eigenvalue weighted by atomic mass is 9.90. The van der Waals surface area contributed by atoms with Crippen molar-refractivity contribution in [3.63, 3.8) is 0 Å². The van der Waals surface area contributed by atoms with Gasteiger partial charge in [-0.3, -0.25) is 19.4 Å². The third-order valence-electron chi connectivity index (χ3n) is 7.52. The van der Waals surface area contributed by atoms with Crippen molar-refractivity contribution in [2.45, 2.75) is 116 Å². The number of nitrogens with zero attached hydrogens (tertiary/aromatic N) is 1. The molecule has 0 aromatic rings. The van der Waals surface area contributed by atoms with E-state index in [1.807, 2.05) is 13.8 Å². The largest absolute Gasteiger partial charge is 0.463 e. The Morgan fingerprint density at radius 3 is 1.97 bits per heavy atom. The van der Waals surface area contributed by atoms with Crippen LogP contribution in [0.15, 0.2) is 4.99 Å². The molecule has 6 N–H and O–H groups in total. The van der Waals surface area contributed by atoms with Crippen LogP contribution in [0.4, 0.5) is 0 Å². The predicted molar refractivity (Wildman–Crippen MR) is 150 cm³/mol. The van der Waals surface area contributed by atoms with E-state index < -0.39 is 35.3 Å². The van der Waals surface area contributed by atoms with Crippen molar-refractivity contribution < 1.29 is 33.4 Å². The second kappa shape index (κ2) is 18.5. The van der Waals surface area contributed by atoms with Crippen LogP contribution in [0, 0.1) is 0 Å². The summed E-state index contributed by atoms with van der Waals surface area (Å²) in [6, 6.07) is -2.07. The van der Waals surface area contributed by atoms with Crippen LogP contribution in [0.3, 0.4) is 0 Å². The first kappa shape index (κ1) is 36.3. The maximum Gasteiger partial charge on any atom is 0.376 e. The Morgan fingerprint density at radius 1 is 0.897 bits per heavy atom. The first-order valence-electron chi connectivity index (χ1n) is 13.8. The van der Waals surface area contributed by atoms with Gasteiger partial charge in [0.1, 0.15) is 6.04 Å². The molecule has 0 radical (unpaired) electrons. The Labute approximate surface area is 233 Å². The lowest BCUT2D eigenvalue weighted by Gasteiger charge is -2.35. The van der Waals surface area contributed by atoms with Crippen LogP contribution in [0.25, 0.3) is 0 Å². The third-order valence-corrected chi connectivity index (χ3v) is 7.52. The first-order chi connectivity index (χ1) is 18.4. The molecule has 0 saturated heterocycles. The average Bonchev–Trinajstić information content (AvgIpc) is 2.93. The van der Waals surface area contributed by atoms with E-state index in [4.69, 9.17) is 20.9 Å². The van der Waals surface area contributed by atoms with Gasteiger partial charge in [0, 0.05) is 20.1 Å². The third kappa shape index (κ3) is 12.8. The first-order valence-corrected chi connectivity index (χ1v) is 13.8. The van der Waals surface area contributed by atoms with Crippen LogP contribution >= 0.6 is 0 Å². The molecule has 12 heteroatoms. The summed E-state index contributed by atoms with van der Waals surface area (Å²) in [6.07, 6.45) is 5.13. The molecular formula is C27H51N5O7. The van der Waals surface area contributed by atoms with Crippen molar-refractivity contribution in [2.75, 3.05) is 27.4 Å². The summed E-state index contributed by atoms with van der Waals surface area (Å²) >= 11 is 0. The number of guanidine groups is 1. The Hall–Kier alpha value is -2.73. The number of Topliss-reactive ketones (excluding diaryl/α,β-unsaturated/α-hetero) is 1. The van der Waals surface area contributed by atoms with Gasteiger partial charge in [0.25, 0.3) is 5.78 Å². The van der Waals surface area contributed by atoms with Gasteiger partial charge in [-0.1, -0.05) is 27.7 Å². The number of amides is 2. The minimum Gasteiger partial charge on any atom is -0.463 e. The molecule has 0 spiro atoms. The molecule has 0 aliphatic rings. The van der Waals surface area contributed by atoms with E-state index in [1.165, 1.54) is 6.92 Å². The maximum atomic E-state index is 12.7. The number of hydrogen-bond donors (Lipinski definition) is 4. The molecule has 2 atom stereocenters. The average molecular weight is 558 g/mol. The zero-order valence-corrected chi connectivity index (χ0v) is 24.9. The maximum absolute atomic E-state index is 12.7. The second-order valence-corrected chi connectivity index (χ2v) is 9.74. The van der Waals surface area contributed by atoms with Gasteiger partial charge < -0.3 is 36.3 Å². The number of nitrogens with one attached hydrogen (secondary N) is 2. The molecule has 0 aromatic carbocycles. The SMILES string of the molecule is CCC(CC)(CCOC(CC)(CC)CCC(=O)N[C@@H](C)C(=O)NC(CCCN=C(N)N)C(=O)C(=O)OC)OC. The van der Waals surface area contributed by atoms with Crippen molar-refractivity contribution in [2.24, 2.45) is 16.5 Å². The smallest absolute Gasteiger partial charge is 0.376 e. The molecule has 0 aliphatic heterocycles. The van der Waals surface area contributed by atoms with Gasteiger partial charge in [0.2, 0.25) is 11.8 Å². The number of methoxy groups -OCH3 is 2. The van der Waals surface area contributed by atoms with Gasteiger partial charge in [-0.2, -0.15) is 0 Å². The molecule has 1 unspecified atom stereocenters. The fraction of sp³-hybridized carbons (Fsp3) is 0.815. The summed E-state index contributed by atoms with van der Waals surface area (Å²) in [6.45, 7) is 10.5. The van der Waals surface area contributed by atoms with Crippen LogP contribution in [-0.4, -0.2) is 80.2 Å². The summed E-state index contributed by atoms with van der Waals surface area (Å²) in [5.41, 5.74) is 9.92. The van der Waals surface area contributed by atoms with E-state index in [-0.39, 0.29) is 36.9 Å². The number of ether oxygens (including phenoxy) is 3. The summed E-state index contributed by atoms with van der Waals surface area (Å²) < 4.78 is 16.6. The van der Waals surface area contributed by atoms with Gasteiger partial charge in [-0.05, 0) is 58.3 Å². The standard InChI is InChI=1S/C27H51N5O7/c1-8-26(9-2,38-7)16-18-39-27(10-3,11-4)15-14-21(33)31-19(5)23(35)32-20(22(34)24(36)37-6)13-12-17-30-25(28)29/h19-20H,8-18H2,1-7H3,(H,31,33)(H,32,35)(H4,28,29,30)/t19-,20?/m0/s1. The highest BCUT2D eigenvalue weighted by Crippen LogP contribution is 2.30. The fourth-order valence-corrected chi connectivity index (χ4v) is 4.36. The van der Waals surface area contributed by atoms with Crippen LogP contribution in [0.5, 0.6) is 0 Å². The number of rotatable bonds is 21. The molecule has 0 saturated carbocycles. The zero-order valence-electron chi connectivity index (χ0n) is 24.9. The Morgan fingerprint density at radius 2 is 1.49 bits per heavy atom. The number of esters is 1. The Kier molecular flexibility index (Phi) is 17.2. The second-order valence-electron chi connectivity index (χ2n) is 9.74. The van der Waals surface area contributed by atoms with Crippen molar-refractivity contribution in [3.8, 4) is 0 Å². The van der Waals surface area contributed by atoms with Gasteiger partial charge in [0.15, 0.2) is 5.96 Å². The van der Waals surface area contributed by atoms with E-state index >= 15 is 0 Å². The van der Waals surface area contributed by atoms with Gasteiger partial charge in [-0.25, -0.2) is 4.79 Å². The molecule has 39 heavy (non-hydrogen) atoms. The van der Waals surface area contributed by atoms with E-state index in [0.29, 0.717) is 19.4 Å². The molecule has 226 valence electrons. The van der Waals surface area contributed by atoms with Crippen molar-refractivity contribution in [1.29, 1.82) is 0 Å². The molecular weight excluding hydrogens is 506 g/mol. The summed E-state index contributed by atoms with van der Waals surface area (Å²) in [5.74, 6) is -2.99. The Bertz CT molecular complexity index is 798. The molecule has 0 fully saturated rings. The summed E-state index contributed by atoms with van der Waals surface area (Å²) in [7, 11) is 2.81. The van der Waals surface area contributed by atoms with Crippen LogP contribution in [0.2, 0.25) is 0 Å². The highest BCUT2D eigenvalue weighted by atomic mass is 16.5. The lowest BCUT2D eigenvalue weighted by Crippen LogP contribution is -2.51. The minimum absolute atomic E-state index is 0.100. The highest BCUT2D eigenvalue weighted by molar-refractivity contribution is 6.36. The molecule has 12 nitrogen and oxygen atoms in total. The monoisotopic (exact) mass is 557 g/mol. The van der Waals surface area contributed by atoms with Crippen LogP contribution in [-0.2, 0) is 33.4 Å². The molecule has 0 rings (SSSR count). The Balaban J connectivity index is 5.06. The van der Waals surface area contributed by atoms with Crippen LogP contribution < -0.4 is 22.1 Å². The van der Waals surface area contributed by atoms with E-state index in [1.54, 1.807) is 7.11 Å². The zero-order chi connectivity index (χ0) is 30.1. The van der Waals surface area contributed by atoms with Crippen molar-refractivity contribution in [1.82, 2.24) is 10.6 Å². The quantitative estimate of drug-likeness (QED) is 0.0536. The minimum atomic E-state index is -1.13. The lowest BCUT2D eigenvalue weighted by molar-refractivity contribution is -0.153. The van der Waals surface area contributed by atoms with Gasteiger partial charge in [0.05, 0.1) is 31.0 Å². The number of nitrogens with two attached hydrogens (primary N) is 2. The normalized spacial score (nSPS) is 13.2. The molecule has 0 heterocycles. The van der Waals surface area contributed by atoms with E-state index in [2.05, 4.69) is 34.2 Å². The molecule has 2 amide bonds. The number of hydrogen-bond acceptors (Lipinski definition) is 8. The summed E-state index contributed by atoms with van der Waals surface area (Å²) in [5, 5.41) is 5.20. The van der Waals surface area contributed by atoms with E-state index in [9.17, 15) is 19.2 Å². The molecule has 0 aliphatic carbocycles. The fourth-order valence-electron chi connectivity index (χ4n) is 4.36. The van der Waals surface area contributed by atoms with Gasteiger partial charge in [-0.15, -0.1) is 0 Å². The van der Waals surface area contributed by atoms with Crippen LogP contribution in [0.1, 0.15) is 92.4 Å². The molecule has 0 aromatic heterocycles. The number of carbonyl (C=O) groups is 4. The number of ketones is 1. The van der Waals surface area contributed by atoms with Crippen molar-refractivity contribution >= 4 is 29.5 Å². The molecule has 0 bridgehead atoms. The van der Waals surface area contributed by atoms with E-state index in [0.717, 1.165) is 39.2 Å². The highest BCUT2D eigenvalue weighted by Gasteiger charge is 2.32. The number of carbonyl (C=O) groups excluding carboxylic acids is 4. The predicted octanol–water partition coefficient (Wildman–Crippen LogP) is 1.72. The summed E-state index contributed by atoms with van der Waals surface area (Å²) in [4.78, 5) is 53.4. The number of aliphatic imine (C=N–C) groups is 1.